The molecule has 20 heavy (non-hydrogen) atoms. The van der Waals surface area contributed by atoms with Gasteiger partial charge in [0.25, 0.3) is 0 Å². The van der Waals surface area contributed by atoms with Gasteiger partial charge in [-0.05, 0) is 39.3 Å². The summed E-state index contributed by atoms with van der Waals surface area (Å²) in [5.74, 6) is 0.218. The van der Waals surface area contributed by atoms with Gasteiger partial charge in [-0.15, -0.1) is 0 Å². The number of benzene rings is 1. The second-order valence-corrected chi connectivity index (χ2v) is 5.20. The normalized spacial score (nSPS) is 12.4. The van der Waals surface area contributed by atoms with Gasteiger partial charge in [0.15, 0.2) is 11.9 Å². The summed E-state index contributed by atoms with van der Waals surface area (Å²) in [4.78, 5) is 22.9. The van der Waals surface area contributed by atoms with Gasteiger partial charge in [0.05, 0.1) is 5.02 Å². The van der Waals surface area contributed by atoms with Gasteiger partial charge in [-0.3, -0.25) is 4.79 Å². The van der Waals surface area contributed by atoms with Gasteiger partial charge in [0.2, 0.25) is 0 Å². The largest absolute Gasteiger partial charge is 0.481 e. The minimum absolute atomic E-state index is 0.109. The van der Waals surface area contributed by atoms with Gasteiger partial charge >= 0.3 is 5.63 Å². The molecule has 106 valence electrons. The van der Waals surface area contributed by atoms with Crippen LogP contribution in [0.3, 0.4) is 0 Å². The highest BCUT2D eigenvalue weighted by molar-refractivity contribution is 6.32. The van der Waals surface area contributed by atoms with Crippen molar-refractivity contribution >= 4 is 28.4 Å². The van der Waals surface area contributed by atoms with E-state index in [1.165, 1.54) is 6.92 Å². The highest BCUT2D eigenvalue weighted by Gasteiger charge is 2.15. The van der Waals surface area contributed by atoms with Crippen LogP contribution in [0.4, 0.5) is 0 Å². The van der Waals surface area contributed by atoms with E-state index < -0.39 is 6.10 Å². The van der Waals surface area contributed by atoms with Crippen molar-refractivity contribution in [2.45, 2.75) is 33.8 Å². The number of carbonyl (C=O) groups is 1. The van der Waals surface area contributed by atoms with Crippen molar-refractivity contribution in [3.05, 3.63) is 38.7 Å². The monoisotopic (exact) mass is 294 g/mol. The first kappa shape index (κ1) is 14.6. The van der Waals surface area contributed by atoms with E-state index in [9.17, 15) is 9.59 Å². The van der Waals surface area contributed by atoms with Crippen LogP contribution in [0.2, 0.25) is 5.02 Å². The molecular weight excluding hydrogens is 280 g/mol. The molecule has 0 aliphatic heterocycles. The van der Waals surface area contributed by atoms with Crippen LogP contribution in [0, 0.1) is 13.8 Å². The van der Waals surface area contributed by atoms with E-state index in [1.54, 1.807) is 26.0 Å². The van der Waals surface area contributed by atoms with E-state index in [0.717, 1.165) is 10.9 Å². The molecule has 5 heteroatoms. The molecule has 4 nitrogen and oxygen atoms in total. The SMILES string of the molecule is CC(=O)[C@@H](C)Oc1cc2oc(=O)c(C)c(C)c2cc1Cl. The number of halogens is 1. The summed E-state index contributed by atoms with van der Waals surface area (Å²) in [5.41, 5.74) is 1.39. The Bertz CT molecular complexity index is 746. The minimum Gasteiger partial charge on any atom is -0.481 e. The number of aryl methyl sites for hydroxylation is 1. The zero-order valence-corrected chi connectivity index (χ0v) is 12.5. The molecule has 0 radical (unpaired) electrons. The Morgan fingerprint density at radius 1 is 1.30 bits per heavy atom. The lowest BCUT2D eigenvalue weighted by molar-refractivity contribution is -0.122. The van der Waals surface area contributed by atoms with Crippen molar-refractivity contribution in [2.24, 2.45) is 0 Å². The Morgan fingerprint density at radius 3 is 2.55 bits per heavy atom. The smallest absolute Gasteiger partial charge is 0.339 e. The molecule has 1 heterocycles. The third kappa shape index (κ3) is 2.56. The van der Waals surface area contributed by atoms with Gasteiger partial charge in [0, 0.05) is 17.0 Å². The van der Waals surface area contributed by atoms with E-state index in [0.29, 0.717) is 21.9 Å². The fourth-order valence-electron chi connectivity index (χ4n) is 1.81. The maximum absolute atomic E-state index is 11.7. The van der Waals surface area contributed by atoms with E-state index in [-0.39, 0.29) is 11.4 Å². The zero-order chi connectivity index (χ0) is 15.0. The lowest BCUT2D eigenvalue weighted by atomic mass is 10.1. The Hall–Kier alpha value is -1.81. The van der Waals surface area contributed by atoms with E-state index in [4.69, 9.17) is 20.8 Å². The number of Topliss-reactive ketones (excluding diaryl/α,β-unsaturated/α-hetero) is 1. The standard InChI is InChI=1S/C15H15ClO4/c1-7-8(2)15(18)20-13-6-14(12(16)5-11(7)13)19-10(4)9(3)17/h5-6,10H,1-4H3/t10-/m1/s1. The topological polar surface area (TPSA) is 56.5 Å². The van der Waals surface area contributed by atoms with Gasteiger partial charge in [-0.2, -0.15) is 0 Å². The fourth-order valence-corrected chi connectivity index (χ4v) is 2.02. The molecule has 0 bridgehead atoms. The molecule has 1 atom stereocenters. The second kappa shape index (κ2) is 5.29. The summed E-state index contributed by atoms with van der Waals surface area (Å²) in [6.45, 7) is 6.62. The average Bonchev–Trinajstić information content (AvgIpc) is 2.38. The fraction of sp³-hybridized carbons (Fsp3) is 0.333. The number of ether oxygens (including phenoxy) is 1. The molecule has 1 aromatic carbocycles. The highest BCUT2D eigenvalue weighted by atomic mass is 35.5. The average molecular weight is 295 g/mol. The van der Waals surface area contributed by atoms with Crippen LogP contribution in [0.25, 0.3) is 11.0 Å². The maximum Gasteiger partial charge on any atom is 0.339 e. The van der Waals surface area contributed by atoms with E-state index in [2.05, 4.69) is 0 Å². The summed E-state index contributed by atoms with van der Waals surface area (Å²) < 4.78 is 10.7. The molecule has 0 aliphatic carbocycles. The van der Waals surface area contributed by atoms with Crippen LogP contribution in [0.1, 0.15) is 25.0 Å². The van der Waals surface area contributed by atoms with Crippen LogP contribution < -0.4 is 10.4 Å². The summed E-state index contributed by atoms with van der Waals surface area (Å²) in [7, 11) is 0. The Morgan fingerprint density at radius 2 is 1.95 bits per heavy atom. The number of carbonyl (C=O) groups excluding carboxylic acids is 1. The quantitative estimate of drug-likeness (QED) is 0.814. The van der Waals surface area contributed by atoms with Crippen LogP contribution in [0.15, 0.2) is 21.3 Å². The first-order valence-corrected chi connectivity index (χ1v) is 6.59. The highest BCUT2D eigenvalue weighted by Crippen LogP contribution is 2.32. The third-order valence-electron chi connectivity index (χ3n) is 3.39. The van der Waals surface area contributed by atoms with Crippen molar-refractivity contribution in [3.63, 3.8) is 0 Å². The third-order valence-corrected chi connectivity index (χ3v) is 3.68. The van der Waals surface area contributed by atoms with Crippen LogP contribution in [-0.4, -0.2) is 11.9 Å². The van der Waals surface area contributed by atoms with Gasteiger partial charge < -0.3 is 9.15 Å². The number of hydrogen-bond acceptors (Lipinski definition) is 4. The lowest BCUT2D eigenvalue weighted by Crippen LogP contribution is -2.20. The van der Waals surface area contributed by atoms with Gasteiger partial charge in [-0.25, -0.2) is 4.79 Å². The van der Waals surface area contributed by atoms with Crippen LogP contribution in [-0.2, 0) is 4.79 Å². The predicted octanol–water partition coefficient (Wildman–Crippen LogP) is 3.42. The predicted molar refractivity (Wildman–Crippen MR) is 77.7 cm³/mol. The molecule has 0 aliphatic rings. The van der Waals surface area contributed by atoms with Gasteiger partial charge in [0.1, 0.15) is 11.3 Å². The molecular formula is C15H15ClO4. The number of hydrogen-bond donors (Lipinski definition) is 0. The summed E-state index contributed by atoms with van der Waals surface area (Å²) >= 11 is 6.16. The molecule has 0 unspecified atom stereocenters. The zero-order valence-electron chi connectivity index (χ0n) is 11.7. The summed E-state index contributed by atoms with van der Waals surface area (Å²) in [5, 5.41) is 1.14. The van der Waals surface area contributed by atoms with Crippen molar-refractivity contribution in [1.82, 2.24) is 0 Å². The van der Waals surface area contributed by atoms with Crippen molar-refractivity contribution in [2.75, 3.05) is 0 Å². The molecule has 0 amide bonds. The van der Waals surface area contributed by atoms with E-state index >= 15 is 0 Å². The van der Waals surface area contributed by atoms with Crippen LogP contribution >= 0.6 is 11.6 Å². The number of fused-ring (bicyclic) bond motifs is 1. The Labute approximate surface area is 121 Å². The molecule has 0 spiro atoms. The molecule has 0 saturated heterocycles. The second-order valence-electron chi connectivity index (χ2n) is 4.79. The summed E-state index contributed by atoms with van der Waals surface area (Å²) in [6.07, 6.45) is -0.608. The first-order chi connectivity index (χ1) is 9.31. The van der Waals surface area contributed by atoms with Crippen molar-refractivity contribution in [3.8, 4) is 5.75 Å². The molecule has 2 rings (SSSR count). The van der Waals surface area contributed by atoms with E-state index in [1.807, 2.05) is 6.92 Å². The molecule has 0 N–H and O–H groups in total. The minimum atomic E-state index is -0.608. The first-order valence-electron chi connectivity index (χ1n) is 6.22. The Kier molecular flexibility index (Phi) is 3.86. The van der Waals surface area contributed by atoms with Gasteiger partial charge in [-0.1, -0.05) is 11.6 Å². The Balaban J connectivity index is 2.60. The lowest BCUT2D eigenvalue weighted by Gasteiger charge is -2.14. The number of ketones is 1. The molecule has 1 aromatic heterocycles. The molecule has 0 saturated carbocycles. The van der Waals surface area contributed by atoms with Crippen LogP contribution in [0.5, 0.6) is 5.75 Å². The molecule has 2 aromatic rings. The van der Waals surface area contributed by atoms with Crippen molar-refractivity contribution in [1.29, 1.82) is 0 Å². The number of rotatable bonds is 3. The maximum atomic E-state index is 11.7. The molecule has 0 fully saturated rings. The van der Waals surface area contributed by atoms with Crippen molar-refractivity contribution < 1.29 is 13.9 Å². The summed E-state index contributed by atoms with van der Waals surface area (Å²) in [6, 6.07) is 3.23.